The molecule has 1 N–H and O–H groups in total. The predicted octanol–water partition coefficient (Wildman–Crippen LogP) is 2.00. The molecule has 2 rings (SSSR count). The average Bonchev–Trinajstić information content (AvgIpc) is 2.51. The van der Waals surface area contributed by atoms with Gasteiger partial charge < -0.3 is 15.0 Å². The molecule has 1 saturated carbocycles. The van der Waals surface area contributed by atoms with E-state index in [1.54, 1.807) is 0 Å². The molecule has 0 spiro atoms. The Morgan fingerprint density at radius 1 is 1.28 bits per heavy atom. The van der Waals surface area contributed by atoms with Crippen molar-refractivity contribution in [2.75, 3.05) is 26.3 Å². The summed E-state index contributed by atoms with van der Waals surface area (Å²) in [5, 5.41) is 2.85. The first-order valence-electron chi connectivity index (χ1n) is 6.58. The standard InChI is InChI=1S/C12H20F2N2O2/c13-12(14)8-16(6-7-18-9-12)11(17)15-10-4-2-1-3-5-10/h10H,1-9H2,(H,15,17). The zero-order valence-electron chi connectivity index (χ0n) is 10.5. The summed E-state index contributed by atoms with van der Waals surface area (Å²) in [6.07, 6.45) is 5.30. The van der Waals surface area contributed by atoms with Crippen molar-refractivity contribution in [2.24, 2.45) is 0 Å². The van der Waals surface area contributed by atoms with Crippen molar-refractivity contribution in [3.63, 3.8) is 0 Å². The van der Waals surface area contributed by atoms with E-state index in [-0.39, 0.29) is 25.2 Å². The van der Waals surface area contributed by atoms with Gasteiger partial charge in [0.15, 0.2) is 0 Å². The molecule has 0 atom stereocenters. The molecule has 0 unspecified atom stereocenters. The number of amides is 2. The van der Waals surface area contributed by atoms with Gasteiger partial charge in [-0.3, -0.25) is 0 Å². The number of nitrogens with one attached hydrogen (secondary N) is 1. The molecule has 1 saturated heterocycles. The molecule has 18 heavy (non-hydrogen) atoms. The van der Waals surface area contributed by atoms with Crippen LogP contribution in [0.3, 0.4) is 0 Å². The van der Waals surface area contributed by atoms with Gasteiger partial charge in [0, 0.05) is 12.6 Å². The highest BCUT2D eigenvalue weighted by Gasteiger charge is 2.36. The number of urea groups is 1. The molecule has 2 fully saturated rings. The molecule has 1 aliphatic carbocycles. The molecule has 4 nitrogen and oxygen atoms in total. The summed E-state index contributed by atoms with van der Waals surface area (Å²) in [5.41, 5.74) is 0. The van der Waals surface area contributed by atoms with Crippen LogP contribution < -0.4 is 5.32 Å². The maximum Gasteiger partial charge on any atom is 0.317 e. The van der Waals surface area contributed by atoms with E-state index < -0.39 is 19.1 Å². The minimum atomic E-state index is -2.94. The summed E-state index contributed by atoms with van der Waals surface area (Å²) >= 11 is 0. The number of carbonyl (C=O) groups is 1. The third kappa shape index (κ3) is 3.80. The van der Waals surface area contributed by atoms with E-state index in [1.807, 2.05) is 0 Å². The number of carbonyl (C=O) groups excluding carboxylic acids is 1. The Labute approximate surface area is 106 Å². The predicted molar refractivity (Wildman–Crippen MR) is 62.7 cm³/mol. The molecule has 0 aromatic heterocycles. The minimum Gasteiger partial charge on any atom is -0.373 e. The highest BCUT2D eigenvalue weighted by atomic mass is 19.3. The molecule has 0 aromatic carbocycles. The summed E-state index contributed by atoms with van der Waals surface area (Å²) in [4.78, 5) is 13.1. The van der Waals surface area contributed by atoms with E-state index in [1.165, 1.54) is 11.3 Å². The Morgan fingerprint density at radius 3 is 2.72 bits per heavy atom. The van der Waals surface area contributed by atoms with E-state index >= 15 is 0 Å². The van der Waals surface area contributed by atoms with E-state index in [0.29, 0.717) is 0 Å². The van der Waals surface area contributed by atoms with Crippen molar-refractivity contribution in [3.8, 4) is 0 Å². The summed E-state index contributed by atoms with van der Waals surface area (Å²) in [5.74, 6) is -2.94. The zero-order valence-corrected chi connectivity index (χ0v) is 10.5. The van der Waals surface area contributed by atoms with Gasteiger partial charge in [-0.25, -0.2) is 13.6 Å². The molecular weight excluding hydrogens is 242 g/mol. The maximum atomic E-state index is 13.3. The van der Waals surface area contributed by atoms with Gasteiger partial charge in [0.2, 0.25) is 0 Å². The molecule has 1 heterocycles. The number of ether oxygens (including phenoxy) is 1. The average molecular weight is 262 g/mol. The highest BCUT2D eigenvalue weighted by molar-refractivity contribution is 5.74. The van der Waals surface area contributed by atoms with Crippen molar-refractivity contribution >= 4 is 6.03 Å². The summed E-state index contributed by atoms with van der Waals surface area (Å²) in [7, 11) is 0. The van der Waals surface area contributed by atoms with Gasteiger partial charge in [-0.15, -0.1) is 0 Å². The van der Waals surface area contributed by atoms with Crippen LogP contribution in [0.1, 0.15) is 32.1 Å². The number of rotatable bonds is 1. The van der Waals surface area contributed by atoms with Crippen molar-refractivity contribution in [2.45, 2.75) is 44.1 Å². The smallest absolute Gasteiger partial charge is 0.317 e. The van der Waals surface area contributed by atoms with E-state index in [9.17, 15) is 13.6 Å². The number of hydrogen-bond acceptors (Lipinski definition) is 2. The lowest BCUT2D eigenvalue weighted by Gasteiger charge is -2.28. The molecule has 1 aliphatic heterocycles. The summed E-state index contributed by atoms with van der Waals surface area (Å²) in [6.45, 7) is -0.742. The number of nitrogens with zero attached hydrogens (tertiary/aromatic N) is 1. The highest BCUT2D eigenvalue weighted by Crippen LogP contribution is 2.20. The van der Waals surface area contributed by atoms with Gasteiger partial charge in [-0.1, -0.05) is 19.3 Å². The van der Waals surface area contributed by atoms with Crippen LogP contribution in [0, 0.1) is 0 Å². The fourth-order valence-corrected chi connectivity index (χ4v) is 2.49. The van der Waals surface area contributed by atoms with Crippen LogP contribution in [0.5, 0.6) is 0 Å². The van der Waals surface area contributed by atoms with Crippen molar-refractivity contribution in [1.82, 2.24) is 10.2 Å². The maximum absolute atomic E-state index is 13.3. The lowest BCUT2D eigenvalue weighted by atomic mass is 9.96. The zero-order chi connectivity index (χ0) is 13.0. The van der Waals surface area contributed by atoms with E-state index in [0.717, 1.165) is 25.7 Å². The quantitative estimate of drug-likeness (QED) is 0.785. The lowest BCUT2D eigenvalue weighted by Crippen LogP contribution is -2.49. The fourth-order valence-electron chi connectivity index (χ4n) is 2.49. The topological polar surface area (TPSA) is 41.6 Å². The van der Waals surface area contributed by atoms with Crippen LogP contribution in [0.2, 0.25) is 0 Å². The van der Waals surface area contributed by atoms with Gasteiger partial charge in [-0.05, 0) is 12.8 Å². The van der Waals surface area contributed by atoms with Crippen LogP contribution in [0.4, 0.5) is 13.6 Å². The Hall–Kier alpha value is -0.910. The van der Waals surface area contributed by atoms with Crippen molar-refractivity contribution in [1.29, 1.82) is 0 Å². The van der Waals surface area contributed by atoms with Gasteiger partial charge >= 0.3 is 6.03 Å². The third-order valence-electron chi connectivity index (χ3n) is 3.46. The number of halogens is 2. The van der Waals surface area contributed by atoms with Crippen LogP contribution in [-0.2, 0) is 4.74 Å². The SMILES string of the molecule is O=C(NC1CCCCC1)N1CCOCC(F)(F)C1. The Balaban J connectivity index is 1.86. The molecule has 0 bridgehead atoms. The third-order valence-corrected chi connectivity index (χ3v) is 3.46. The van der Waals surface area contributed by atoms with Gasteiger partial charge in [0.1, 0.15) is 6.61 Å². The summed E-state index contributed by atoms with van der Waals surface area (Å²) < 4.78 is 31.4. The molecular formula is C12H20F2N2O2. The van der Waals surface area contributed by atoms with Crippen molar-refractivity contribution < 1.29 is 18.3 Å². The first-order chi connectivity index (χ1) is 8.57. The largest absolute Gasteiger partial charge is 0.373 e. The van der Waals surface area contributed by atoms with Gasteiger partial charge in [0.05, 0.1) is 13.2 Å². The van der Waals surface area contributed by atoms with Crippen LogP contribution in [0.25, 0.3) is 0 Å². The first kappa shape index (κ1) is 13.5. The minimum absolute atomic E-state index is 0.143. The monoisotopic (exact) mass is 262 g/mol. The van der Waals surface area contributed by atoms with E-state index in [2.05, 4.69) is 5.32 Å². The van der Waals surface area contributed by atoms with Crippen LogP contribution >= 0.6 is 0 Å². The van der Waals surface area contributed by atoms with Crippen LogP contribution in [-0.4, -0.2) is 49.2 Å². The van der Waals surface area contributed by atoms with Crippen molar-refractivity contribution in [3.05, 3.63) is 0 Å². The molecule has 6 heteroatoms. The molecule has 2 amide bonds. The fraction of sp³-hybridized carbons (Fsp3) is 0.917. The summed E-state index contributed by atoms with van der Waals surface area (Å²) in [6, 6.07) is -0.240. The normalized spacial score (nSPS) is 25.6. The Bertz CT molecular complexity index is 294. The molecule has 2 aliphatic rings. The Morgan fingerprint density at radius 2 is 2.00 bits per heavy atom. The van der Waals surface area contributed by atoms with Gasteiger partial charge in [0.25, 0.3) is 5.92 Å². The number of hydrogen-bond donors (Lipinski definition) is 1. The molecule has 104 valence electrons. The Kier molecular flexibility index (Phi) is 4.37. The second kappa shape index (κ2) is 5.82. The van der Waals surface area contributed by atoms with E-state index in [4.69, 9.17) is 4.74 Å². The van der Waals surface area contributed by atoms with Crippen LogP contribution in [0.15, 0.2) is 0 Å². The second-order valence-corrected chi connectivity index (χ2v) is 5.11. The molecule has 0 radical (unpaired) electrons. The number of alkyl halides is 2. The lowest BCUT2D eigenvalue weighted by molar-refractivity contribution is -0.0652. The second-order valence-electron chi connectivity index (χ2n) is 5.11. The molecule has 0 aromatic rings. The first-order valence-corrected chi connectivity index (χ1v) is 6.58. The van der Waals surface area contributed by atoms with Gasteiger partial charge in [-0.2, -0.15) is 0 Å².